The molecule has 2 unspecified atom stereocenters. The molecule has 0 spiro atoms. The van der Waals surface area contributed by atoms with E-state index >= 15 is 0 Å². The number of aldehydes is 1. The van der Waals surface area contributed by atoms with Gasteiger partial charge in [-0.05, 0) is 30.4 Å². The second kappa shape index (κ2) is 4.05. The van der Waals surface area contributed by atoms with E-state index in [4.69, 9.17) is 0 Å². The van der Waals surface area contributed by atoms with E-state index < -0.39 is 0 Å². The zero-order valence-electron chi connectivity index (χ0n) is 9.31. The first-order valence-corrected chi connectivity index (χ1v) is 5.47. The SMILES string of the molecule is CC1CC1CN(C)c1ccccc1C=O. The van der Waals surface area contributed by atoms with Crippen LogP contribution in [0.1, 0.15) is 23.7 Å². The third-order valence-electron chi connectivity index (χ3n) is 3.26. The monoisotopic (exact) mass is 203 g/mol. The lowest BCUT2D eigenvalue weighted by molar-refractivity contribution is 0.112. The van der Waals surface area contributed by atoms with Gasteiger partial charge in [0, 0.05) is 24.8 Å². The summed E-state index contributed by atoms with van der Waals surface area (Å²) < 4.78 is 0. The van der Waals surface area contributed by atoms with Gasteiger partial charge >= 0.3 is 0 Å². The molecule has 1 aromatic carbocycles. The maximum Gasteiger partial charge on any atom is 0.152 e. The van der Waals surface area contributed by atoms with Crippen molar-refractivity contribution >= 4 is 12.0 Å². The number of nitrogens with zero attached hydrogens (tertiary/aromatic N) is 1. The van der Waals surface area contributed by atoms with Crippen LogP contribution in [0.25, 0.3) is 0 Å². The minimum Gasteiger partial charge on any atom is -0.374 e. The van der Waals surface area contributed by atoms with Gasteiger partial charge in [-0.25, -0.2) is 0 Å². The Labute approximate surface area is 90.9 Å². The molecule has 1 aromatic rings. The number of hydrogen-bond donors (Lipinski definition) is 0. The van der Waals surface area contributed by atoms with Crippen LogP contribution >= 0.6 is 0 Å². The first-order valence-electron chi connectivity index (χ1n) is 5.47. The predicted octanol–water partition coefficient (Wildman–Crippen LogP) is 2.59. The van der Waals surface area contributed by atoms with Crippen molar-refractivity contribution in [1.82, 2.24) is 0 Å². The molecule has 1 saturated carbocycles. The molecule has 1 aliphatic rings. The number of hydrogen-bond acceptors (Lipinski definition) is 2. The fraction of sp³-hybridized carbons (Fsp3) is 0.462. The van der Waals surface area contributed by atoms with Crippen LogP contribution < -0.4 is 4.90 Å². The summed E-state index contributed by atoms with van der Waals surface area (Å²) in [5.41, 5.74) is 1.83. The van der Waals surface area contributed by atoms with Gasteiger partial charge in [-0.3, -0.25) is 4.79 Å². The summed E-state index contributed by atoms with van der Waals surface area (Å²) in [6, 6.07) is 7.77. The molecule has 1 fully saturated rings. The standard InChI is InChI=1S/C13H17NO/c1-10-7-12(10)8-14(2)13-6-4-3-5-11(13)9-15/h3-6,9-10,12H,7-8H2,1-2H3. The van der Waals surface area contributed by atoms with Crippen LogP contribution in [0.2, 0.25) is 0 Å². The molecular weight excluding hydrogens is 186 g/mol. The summed E-state index contributed by atoms with van der Waals surface area (Å²) in [7, 11) is 2.06. The average Bonchev–Trinajstić information content (AvgIpc) is 2.94. The Morgan fingerprint density at radius 1 is 1.47 bits per heavy atom. The van der Waals surface area contributed by atoms with Crippen molar-refractivity contribution in [3.05, 3.63) is 29.8 Å². The van der Waals surface area contributed by atoms with Gasteiger partial charge in [0.15, 0.2) is 6.29 Å². The molecule has 0 heterocycles. The summed E-state index contributed by atoms with van der Waals surface area (Å²) in [4.78, 5) is 13.1. The highest BCUT2D eigenvalue weighted by atomic mass is 16.1. The Morgan fingerprint density at radius 2 is 2.13 bits per heavy atom. The number of carbonyl (C=O) groups is 1. The van der Waals surface area contributed by atoms with E-state index in [9.17, 15) is 4.79 Å². The highest BCUT2D eigenvalue weighted by Gasteiger charge is 2.33. The van der Waals surface area contributed by atoms with Crippen LogP contribution in [0.15, 0.2) is 24.3 Å². The van der Waals surface area contributed by atoms with Crippen LogP contribution in [-0.4, -0.2) is 19.9 Å². The Balaban J connectivity index is 2.10. The highest BCUT2D eigenvalue weighted by molar-refractivity contribution is 5.84. The van der Waals surface area contributed by atoms with Gasteiger partial charge in [-0.1, -0.05) is 19.1 Å². The molecule has 0 bridgehead atoms. The summed E-state index contributed by atoms with van der Waals surface area (Å²) in [6.45, 7) is 3.34. The van der Waals surface area contributed by atoms with Crippen LogP contribution in [0.5, 0.6) is 0 Å². The highest BCUT2D eigenvalue weighted by Crippen LogP contribution is 2.38. The zero-order valence-corrected chi connectivity index (χ0v) is 9.31. The summed E-state index contributed by atoms with van der Waals surface area (Å²) in [5, 5.41) is 0. The van der Waals surface area contributed by atoms with Crippen molar-refractivity contribution < 1.29 is 4.79 Å². The molecule has 2 atom stereocenters. The maximum absolute atomic E-state index is 10.9. The lowest BCUT2D eigenvalue weighted by Crippen LogP contribution is -2.21. The average molecular weight is 203 g/mol. The van der Waals surface area contributed by atoms with E-state index in [-0.39, 0.29) is 0 Å². The predicted molar refractivity (Wildman–Crippen MR) is 62.4 cm³/mol. The normalized spacial score (nSPS) is 23.6. The molecule has 2 nitrogen and oxygen atoms in total. The number of rotatable bonds is 4. The summed E-state index contributed by atoms with van der Waals surface area (Å²) >= 11 is 0. The van der Waals surface area contributed by atoms with E-state index in [2.05, 4.69) is 18.9 Å². The molecule has 0 N–H and O–H groups in total. The third-order valence-corrected chi connectivity index (χ3v) is 3.26. The van der Waals surface area contributed by atoms with Crippen LogP contribution in [0, 0.1) is 11.8 Å². The van der Waals surface area contributed by atoms with Crippen molar-refractivity contribution in [2.24, 2.45) is 11.8 Å². The first-order chi connectivity index (χ1) is 7.22. The van der Waals surface area contributed by atoms with Crippen molar-refractivity contribution in [1.29, 1.82) is 0 Å². The minimum absolute atomic E-state index is 0.785. The molecule has 2 heteroatoms. The molecule has 0 saturated heterocycles. The van der Waals surface area contributed by atoms with Crippen LogP contribution in [0.3, 0.4) is 0 Å². The second-order valence-corrected chi connectivity index (χ2v) is 4.53. The van der Waals surface area contributed by atoms with Gasteiger partial charge in [-0.15, -0.1) is 0 Å². The van der Waals surface area contributed by atoms with Gasteiger partial charge < -0.3 is 4.90 Å². The van der Waals surface area contributed by atoms with Gasteiger partial charge in [0.05, 0.1) is 0 Å². The Morgan fingerprint density at radius 3 is 2.73 bits per heavy atom. The molecule has 15 heavy (non-hydrogen) atoms. The Bertz CT molecular complexity index is 361. The first kappa shape index (κ1) is 10.2. The zero-order chi connectivity index (χ0) is 10.8. The molecule has 0 radical (unpaired) electrons. The smallest absolute Gasteiger partial charge is 0.152 e. The summed E-state index contributed by atoms with van der Waals surface area (Å²) in [6.07, 6.45) is 2.26. The fourth-order valence-corrected chi connectivity index (χ4v) is 2.04. The van der Waals surface area contributed by atoms with Crippen LogP contribution in [-0.2, 0) is 0 Å². The van der Waals surface area contributed by atoms with Crippen molar-refractivity contribution in [2.75, 3.05) is 18.5 Å². The van der Waals surface area contributed by atoms with Gasteiger partial charge in [0.25, 0.3) is 0 Å². The van der Waals surface area contributed by atoms with E-state index in [0.717, 1.165) is 35.9 Å². The molecule has 80 valence electrons. The van der Waals surface area contributed by atoms with Gasteiger partial charge in [-0.2, -0.15) is 0 Å². The van der Waals surface area contributed by atoms with Crippen molar-refractivity contribution in [3.63, 3.8) is 0 Å². The largest absolute Gasteiger partial charge is 0.374 e. The van der Waals surface area contributed by atoms with E-state index in [1.807, 2.05) is 24.3 Å². The van der Waals surface area contributed by atoms with Crippen molar-refractivity contribution in [2.45, 2.75) is 13.3 Å². The lowest BCUT2D eigenvalue weighted by Gasteiger charge is -2.20. The van der Waals surface area contributed by atoms with E-state index in [1.165, 1.54) is 6.42 Å². The van der Waals surface area contributed by atoms with Crippen molar-refractivity contribution in [3.8, 4) is 0 Å². The van der Waals surface area contributed by atoms with E-state index in [0.29, 0.717) is 0 Å². The molecule has 2 rings (SSSR count). The second-order valence-electron chi connectivity index (χ2n) is 4.53. The quantitative estimate of drug-likeness (QED) is 0.701. The molecule has 0 aliphatic heterocycles. The maximum atomic E-state index is 10.9. The minimum atomic E-state index is 0.785. The lowest BCUT2D eigenvalue weighted by atomic mass is 10.1. The molecule has 1 aliphatic carbocycles. The fourth-order valence-electron chi connectivity index (χ4n) is 2.04. The third kappa shape index (κ3) is 2.20. The number of benzene rings is 1. The summed E-state index contributed by atoms with van der Waals surface area (Å²) in [5.74, 6) is 1.67. The van der Waals surface area contributed by atoms with Gasteiger partial charge in [0.2, 0.25) is 0 Å². The molecular formula is C13H17NO. The van der Waals surface area contributed by atoms with E-state index in [1.54, 1.807) is 0 Å². The number of para-hydroxylation sites is 1. The van der Waals surface area contributed by atoms with Gasteiger partial charge in [0.1, 0.15) is 0 Å². The topological polar surface area (TPSA) is 20.3 Å². The number of anilines is 1. The molecule has 0 amide bonds. The Kier molecular flexibility index (Phi) is 2.76. The number of carbonyl (C=O) groups excluding carboxylic acids is 1. The Hall–Kier alpha value is -1.31. The molecule has 0 aromatic heterocycles. The van der Waals surface area contributed by atoms with Crippen LogP contribution in [0.4, 0.5) is 5.69 Å².